The van der Waals surface area contributed by atoms with Crippen molar-refractivity contribution in [2.45, 2.75) is 34.6 Å². The monoisotopic (exact) mass is 279 g/mol. The minimum atomic E-state index is 0.996. The Kier molecular flexibility index (Phi) is 6.61. The van der Waals surface area contributed by atoms with Crippen LogP contribution in [0.1, 0.15) is 40.3 Å². The van der Waals surface area contributed by atoms with Crippen molar-refractivity contribution >= 4 is 5.57 Å². The van der Waals surface area contributed by atoms with Gasteiger partial charge in [-0.25, -0.2) is 0 Å². The van der Waals surface area contributed by atoms with Gasteiger partial charge in [0.05, 0.1) is 5.69 Å². The molecule has 110 valence electrons. The molecule has 0 unspecified atom stereocenters. The van der Waals surface area contributed by atoms with E-state index in [1.54, 1.807) is 0 Å². The van der Waals surface area contributed by atoms with Crippen molar-refractivity contribution in [1.82, 2.24) is 4.98 Å². The molecule has 0 saturated carbocycles. The number of hydrogen-bond acceptors (Lipinski definition) is 1. The van der Waals surface area contributed by atoms with Crippen molar-refractivity contribution in [3.05, 3.63) is 83.3 Å². The average Bonchev–Trinajstić information content (AvgIpc) is 2.50. The fourth-order valence-electron chi connectivity index (χ4n) is 1.94. The molecule has 0 aliphatic heterocycles. The summed E-state index contributed by atoms with van der Waals surface area (Å²) in [5.41, 5.74) is 6.86. The van der Waals surface area contributed by atoms with Crippen LogP contribution in [0.2, 0.25) is 0 Å². The maximum Gasteiger partial charge on any atom is 0.0698 e. The van der Waals surface area contributed by atoms with Crippen molar-refractivity contribution in [3.8, 4) is 0 Å². The van der Waals surface area contributed by atoms with Gasteiger partial charge in [0, 0.05) is 6.20 Å². The van der Waals surface area contributed by atoms with Gasteiger partial charge in [0.15, 0.2) is 0 Å². The van der Waals surface area contributed by atoms with Crippen LogP contribution in [0, 0.1) is 0 Å². The lowest BCUT2D eigenvalue weighted by Gasteiger charge is -2.08. The molecule has 1 heterocycles. The zero-order chi connectivity index (χ0) is 15.8. The fraction of sp³-hybridized carbons (Fsp3) is 0.250. The summed E-state index contributed by atoms with van der Waals surface area (Å²) in [4.78, 5) is 4.42. The smallest absolute Gasteiger partial charge is 0.0698 e. The predicted molar refractivity (Wildman–Crippen MR) is 94.0 cm³/mol. The van der Waals surface area contributed by atoms with Crippen LogP contribution in [0.5, 0.6) is 0 Å². The molecule has 0 aliphatic rings. The van der Waals surface area contributed by atoms with Gasteiger partial charge < -0.3 is 0 Å². The Hall–Kier alpha value is -2.15. The second kappa shape index (κ2) is 8.21. The Morgan fingerprint density at radius 2 is 1.71 bits per heavy atom. The van der Waals surface area contributed by atoms with Crippen LogP contribution in [0.4, 0.5) is 0 Å². The van der Waals surface area contributed by atoms with E-state index >= 15 is 0 Å². The third-order valence-electron chi connectivity index (χ3n) is 3.46. The Bertz CT molecular complexity index is 610. The molecular formula is C20H25N. The molecule has 0 spiro atoms. The highest BCUT2D eigenvalue weighted by Gasteiger charge is 2.02. The van der Waals surface area contributed by atoms with Crippen molar-refractivity contribution in [3.63, 3.8) is 0 Å². The van der Waals surface area contributed by atoms with Gasteiger partial charge in [-0.3, -0.25) is 4.98 Å². The summed E-state index contributed by atoms with van der Waals surface area (Å²) < 4.78 is 0. The molecule has 0 amide bonds. The number of nitrogens with zero attached hydrogens (tertiary/aromatic N) is 1. The number of rotatable bonds is 5. The third-order valence-corrected chi connectivity index (χ3v) is 3.46. The van der Waals surface area contributed by atoms with Gasteiger partial charge in [-0.15, -0.1) is 0 Å². The van der Waals surface area contributed by atoms with Gasteiger partial charge in [-0.2, -0.15) is 0 Å². The molecule has 0 fully saturated rings. The minimum Gasteiger partial charge on any atom is -0.256 e. The first kappa shape index (κ1) is 16.9. The molecule has 1 aromatic rings. The Balaban J connectivity index is 3.13. The molecule has 0 aliphatic carbocycles. The average molecular weight is 279 g/mol. The summed E-state index contributed by atoms with van der Waals surface area (Å²) in [6, 6.07) is 5.98. The van der Waals surface area contributed by atoms with E-state index < -0.39 is 0 Å². The summed E-state index contributed by atoms with van der Waals surface area (Å²) in [6.07, 6.45) is 10.4. The van der Waals surface area contributed by atoms with Gasteiger partial charge in [0.25, 0.3) is 0 Å². The van der Waals surface area contributed by atoms with Gasteiger partial charge >= 0.3 is 0 Å². The van der Waals surface area contributed by atoms with Gasteiger partial charge in [-0.1, -0.05) is 36.4 Å². The quantitative estimate of drug-likeness (QED) is 0.611. The molecule has 1 aromatic heterocycles. The van der Waals surface area contributed by atoms with Crippen LogP contribution in [-0.4, -0.2) is 4.98 Å². The summed E-state index contributed by atoms with van der Waals surface area (Å²) >= 11 is 0. The van der Waals surface area contributed by atoms with E-state index in [0.29, 0.717) is 0 Å². The molecular weight excluding hydrogens is 254 g/mol. The standard InChI is InChI=1S/C20H25N/c1-7-18(13-16(5)15(3)4)17(6)14-19(8-2)20-11-9-10-12-21-20/h7-14H,3H2,1-2,4-6H3/b16-13+,17-14+,18-7+,19-8+. The number of aromatic nitrogens is 1. The number of allylic oxidation sites excluding steroid dienone is 9. The zero-order valence-electron chi connectivity index (χ0n) is 13.8. The molecule has 0 radical (unpaired) electrons. The van der Waals surface area contributed by atoms with E-state index in [-0.39, 0.29) is 0 Å². The van der Waals surface area contributed by atoms with Crippen molar-refractivity contribution in [2.75, 3.05) is 0 Å². The lowest BCUT2D eigenvalue weighted by Crippen LogP contribution is -1.89. The van der Waals surface area contributed by atoms with E-state index in [0.717, 1.165) is 16.8 Å². The van der Waals surface area contributed by atoms with Crippen LogP contribution in [0.25, 0.3) is 5.57 Å². The maximum atomic E-state index is 4.42. The van der Waals surface area contributed by atoms with E-state index in [9.17, 15) is 0 Å². The second-order valence-corrected chi connectivity index (χ2v) is 5.14. The largest absolute Gasteiger partial charge is 0.256 e. The van der Waals surface area contributed by atoms with Gasteiger partial charge in [-0.05, 0) is 75.1 Å². The van der Waals surface area contributed by atoms with Crippen LogP contribution >= 0.6 is 0 Å². The predicted octanol–water partition coefficient (Wildman–Crippen LogP) is 5.90. The Morgan fingerprint density at radius 3 is 2.19 bits per heavy atom. The highest BCUT2D eigenvalue weighted by molar-refractivity contribution is 5.73. The van der Waals surface area contributed by atoms with Crippen LogP contribution < -0.4 is 0 Å². The molecule has 0 saturated heterocycles. The van der Waals surface area contributed by atoms with Crippen LogP contribution in [0.3, 0.4) is 0 Å². The zero-order valence-corrected chi connectivity index (χ0v) is 13.8. The topological polar surface area (TPSA) is 12.9 Å². The molecule has 1 nitrogen and oxygen atoms in total. The van der Waals surface area contributed by atoms with Crippen LogP contribution in [-0.2, 0) is 0 Å². The molecule has 0 bridgehead atoms. The lowest BCUT2D eigenvalue weighted by atomic mass is 9.99. The summed E-state index contributed by atoms with van der Waals surface area (Å²) in [7, 11) is 0. The highest BCUT2D eigenvalue weighted by atomic mass is 14.7. The molecule has 21 heavy (non-hydrogen) atoms. The SMILES string of the molecule is C=C(C)/C(C)=C/C(=C\C)C(/C)=C/C(=C\C)c1ccccn1. The Labute approximate surface area is 129 Å². The highest BCUT2D eigenvalue weighted by Crippen LogP contribution is 2.21. The molecule has 0 aromatic carbocycles. The van der Waals surface area contributed by atoms with Crippen molar-refractivity contribution < 1.29 is 0 Å². The van der Waals surface area contributed by atoms with Crippen molar-refractivity contribution in [2.24, 2.45) is 0 Å². The maximum absolute atomic E-state index is 4.42. The molecule has 1 rings (SSSR count). The van der Waals surface area contributed by atoms with Gasteiger partial charge in [0.2, 0.25) is 0 Å². The molecule has 0 atom stereocenters. The van der Waals surface area contributed by atoms with Crippen LogP contribution in [0.15, 0.2) is 77.6 Å². The first-order chi connectivity index (χ1) is 9.99. The van der Waals surface area contributed by atoms with Gasteiger partial charge in [0.1, 0.15) is 0 Å². The molecule has 1 heteroatoms. The number of hydrogen-bond donors (Lipinski definition) is 0. The normalized spacial score (nSPS) is 14.3. The van der Waals surface area contributed by atoms with Crippen molar-refractivity contribution in [1.29, 1.82) is 0 Å². The minimum absolute atomic E-state index is 0.996. The van der Waals surface area contributed by atoms with E-state index in [2.05, 4.69) is 56.6 Å². The van der Waals surface area contributed by atoms with E-state index in [1.807, 2.05) is 38.2 Å². The second-order valence-electron chi connectivity index (χ2n) is 5.14. The first-order valence-electron chi connectivity index (χ1n) is 7.26. The van der Waals surface area contributed by atoms with E-state index in [4.69, 9.17) is 0 Å². The molecule has 0 N–H and O–H groups in total. The summed E-state index contributed by atoms with van der Waals surface area (Å²) in [5.74, 6) is 0. The fourth-order valence-corrected chi connectivity index (χ4v) is 1.94. The Morgan fingerprint density at radius 1 is 1.00 bits per heavy atom. The summed E-state index contributed by atoms with van der Waals surface area (Å²) in [5, 5.41) is 0. The lowest BCUT2D eigenvalue weighted by molar-refractivity contribution is 1.27. The summed E-state index contributed by atoms with van der Waals surface area (Å²) in [6.45, 7) is 14.3. The first-order valence-corrected chi connectivity index (χ1v) is 7.26. The number of pyridine rings is 1. The van der Waals surface area contributed by atoms with E-state index in [1.165, 1.54) is 16.7 Å². The third kappa shape index (κ3) is 5.03.